The number of carbonyl (C=O) groups excluding carboxylic acids is 3. The molecule has 0 saturated heterocycles. The highest BCUT2D eigenvalue weighted by Crippen LogP contribution is 2.08. The minimum Gasteiger partial charge on any atom is -0.356 e. The first-order valence-electron chi connectivity index (χ1n) is 4.92. The molecule has 0 aromatic heterocycles. The Morgan fingerprint density at radius 1 is 1.13 bits per heavy atom. The van der Waals surface area contributed by atoms with Crippen LogP contribution in [-0.2, 0) is 14.4 Å². The van der Waals surface area contributed by atoms with E-state index >= 15 is 0 Å². The lowest BCUT2D eigenvalue weighted by Crippen LogP contribution is -2.22. The third-order valence-electron chi connectivity index (χ3n) is 1.65. The molecule has 0 rings (SSSR count). The Labute approximate surface area is 94.2 Å². The van der Waals surface area contributed by atoms with E-state index in [2.05, 4.69) is 5.32 Å². The normalized spacial score (nSPS) is 9.73. The van der Waals surface area contributed by atoms with Gasteiger partial charge in [-0.25, -0.2) is 0 Å². The molecule has 0 spiro atoms. The van der Waals surface area contributed by atoms with Crippen molar-refractivity contribution in [3.05, 3.63) is 0 Å². The van der Waals surface area contributed by atoms with Crippen LogP contribution in [0.2, 0.25) is 0 Å². The van der Waals surface area contributed by atoms with Gasteiger partial charge in [-0.05, 0) is 13.3 Å². The first-order valence-corrected chi connectivity index (χ1v) is 5.90. The minimum atomic E-state index is -0.0837. The molecule has 1 N–H and O–H groups in total. The summed E-state index contributed by atoms with van der Waals surface area (Å²) < 4.78 is 0. The molecule has 0 radical (unpaired) electrons. The van der Waals surface area contributed by atoms with E-state index in [1.165, 1.54) is 25.6 Å². The SMILES string of the molecule is CC(=O)CCCC(=O)SCCNC(C)=O. The van der Waals surface area contributed by atoms with Crippen molar-refractivity contribution in [3.63, 3.8) is 0 Å². The Morgan fingerprint density at radius 2 is 1.80 bits per heavy atom. The Bertz CT molecular complexity index is 241. The fourth-order valence-electron chi connectivity index (χ4n) is 0.946. The van der Waals surface area contributed by atoms with E-state index in [-0.39, 0.29) is 16.8 Å². The zero-order chi connectivity index (χ0) is 11.7. The smallest absolute Gasteiger partial charge is 0.216 e. The number of rotatable bonds is 7. The van der Waals surface area contributed by atoms with Crippen molar-refractivity contribution in [2.24, 2.45) is 0 Å². The second kappa shape index (κ2) is 8.47. The minimum absolute atomic E-state index is 0.0837. The van der Waals surface area contributed by atoms with Gasteiger partial charge in [-0.1, -0.05) is 11.8 Å². The molecule has 0 aliphatic rings. The van der Waals surface area contributed by atoms with Gasteiger partial charge in [0.2, 0.25) is 5.91 Å². The van der Waals surface area contributed by atoms with Crippen LogP contribution in [0, 0.1) is 0 Å². The highest BCUT2D eigenvalue weighted by molar-refractivity contribution is 8.13. The predicted octanol–water partition coefficient (Wildman–Crippen LogP) is 1.14. The summed E-state index contributed by atoms with van der Waals surface area (Å²) in [4.78, 5) is 32.3. The number of thioether (sulfide) groups is 1. The van der Waals surface area contributed by atoms with Gasteiger partial charge in [0, 0.05) is 32.1 Å². The summed E-state index contributed by atoms with van der Waals surface area (Å²) in [6.07, 6.45) is 1.53. The average molecular weight is 231 g/mol. The molecular weight excluding hydrogens is 214 g/mol. The van der Waals surface area contributed by atoms with E-state index in [0.29, 0.717) is 31.6 Å². The molecule has 15 heavy (non-hydrogen) atoms. The molecular formula is C10H17NO3S. The standard InChI is InChI=1S/C10H17NO3S/c1-8(12)4-3-5-10(14)15-7-6-11-9(2)13/h3-7H2,1-2H3,(H,11,13). The van der Waals surface area contributed by atoms with Crippen molar-refractivity contribution in [2.45, 2.75) is 33.1 Å². The van der Waals surface area contributed by atoms with Gasteiger partial charge in [-0.2, -0.15) is 0 Å². The molecule has 0 saturated carbocycles. The molecule has 0 heterocycles. The first-order chi connectivity index (χ1) is 7.02. The summed E-state index contributed by atoms with van der Waals surface area (Å²) in [5.74, 6) is 0.629. The number of Topliss-reactive ketones (excluding diaryl/α,β-unsaturated/α-hetero) is 1. The van der Waals surface area contributed by atoms with Crippen molar-refractivity contribution < 1.29 is 14.4 Å². The highest BCUT2D eigenvalue weighted by atomic mass is 32.2. The number of carbonyl (C=O) groups is 3. The lowest BCUT2D eigenvalue weighted by Gasteiger charge is -2.01. The number of ketones is 1. The average Bonchev–Trinajstić information content (AvgIpc) is 2.11. The molecule has 0 bridgehead atoms. The van der Waals surface area contributed by atoms with E-state index in [4.69, 9.17) is 0 Å². The molecule has 0 unspecified atom stereocenters. The molecule has 1 amide bonds. The number of amides is 1. The summed E-state index contributed by atoms with van der Waals surface area (Å²) in [6.45, 7) is 3.48. The molecule has 0 aliphatic heterocycles. The molecule has 0 aromatic carbocycles. The van der Waals surface area contributed by atoms with Gasteiger partial charge in [-0.15, -0.1) is 0 Å². The summed E-state index contributed by atoms with van der Waals surface area (Å²) >= 11 is 1.21. The number of hydrogen-bond donors (Lipinski definition) is 1. The molecule has 0 atom stereocenters. The number of hydrogen-bond acceptors (Lipinski definition) is 4. The molecule has 0 fully saturated rings. The van der Waals surface area contributed by atoms with Crippen LogP contribution in [0.15, 0.2) is 0 Å². The van der Waals surface area contributed by atoms with Gasteiger partial charge in [0.25, 0.3) is 0 Å². The summed E-state index contributed by atoms with van der Waals surface area (Å²) in [5.41, 5.74) is 0. The molecule has 86 valence electrons. The van der Waals surface area contributed by atoms with Gasteiger partial charge in [0.15, 0.2) is 5.12 Å². The molecule has 0 aliphatic carbocycles. The zero-order valence-electron chi connectivity index (χ0n) is 9.17. The quantitative estimate of drug-likeness (QED) is 0.667. The van der Waals surface area contributed by atoms with Crippen LogP contribution in [0.4, 0.5) is 0 Å². The van der Waals surface area contributed by atoms with Crippen LogP contribution in [0.3, 0.4) is 0 Å². The van der Waals surface area contributed by atoms with Crippen LogP contribution < -0.4 is 5.32 Å². The zero-order valence-corrected chi connectivity index (χ0v) is 9.99. The van der Waals surface area contributed by atoms with Crippen molar-refractivity contribution in [2.75, 3.05) is 12.3 Å². The lowest BCUT2D eigenvalue weighted by molar-refractivity contribution is -0.119. The fourth-order valence-corrected chi connectivity index (χ4v) is 1.67. The van der Waals surface area contributed by atoms with E-state index in [0.717, 1.165) is 0 Å². The Kier molecular flexibility index (Phi) is 7.99. The summed E-state index contributed by atoms with van der Waals surface area (Å²) in [6, 6.07) is 0. The topological polar surface area (TPSA) is 63.2 Å². The Morgan fingerprint density at radius 3 is 2.33 bits per heavy atom. The van der Waals surface area contributed by atoms with Gasteiger partial charge in [0.1, 0.15) is 5.78 Å². The van der Waals surface area contributed by atoms with Crippen molar-refractivity contribution in [3.8, 4) is 0 Å². The maximum atomic E-state index is 11.2. The Balaban J connectivity index is 3.33. The van der Waals surface area contributed by atoms with Crippen LogP contribution in [0.25, 0.3) is 0 Å². The predicted molar refractivity (Wildman–Crippen MR) is 60.7 cm³/mol. The van der Waals surface area contributed by atoms with Gasteiger partial charge >= 0.3 is 0 Å². The first kappa shape index (κ1) is 14.2. The third-order valence-corrected chi connectivity index (χ3v) is 2.58. The van der Waals surface area contributed by atoms with E-state index < -0.39 is 0 Å². The van der Waals surface area contributed by atoms with Crippen LogP contribution in [0.1, 0.15) is 33.1 Å². The summed E-state index contributed by atoms with van der Waals surface area (Å²) in [5, 5.41) is 2.69. The van der Waals surface area contributed by atoms with Crippen molar-refractivity contribution >= 4 is 28.6 Å². The molecule has 4 nitrogen and oxygen atoms in total. The van der Waals surface area contributed by atoms with Gasteiger partial charge in [-0.3, -0.25) is 9.59 Å². The van der Waals surface area contributed by atoms with E-state index in [1.807, 2.05) is 0 Å². The van der Waals surface area contributed by atoms with Gasteiger partial charge < -0.3 is 10.1 Å². The fraction of sp³-hybridized carbons (Fsp3) is 0.700. The van der Waals surface area contributed by atoms with E-state index in [1.54, 1.807) is 0 Å². The molecule has 0 aromatic rings. The van der Waals surface area contributed by atoms with Crippen molar-refractivity contribution in [1.29, 1.82) is 0 Å². The summed E-state index contributed by atoms with van der Waals surface area (Å²) in [7, 11) is 0. The Hall–Kier alpha value is -0.840. The maximum Gasteiger partial charge on any atom is 0.216 e. The second-order valence-corrected chi connectivity index (χ2v) is 4.41. The van der Waals surface area contributed by atoms with Crippen LogP contribution in [-0.4, -0.2) is 29.1 Å². The number of nitrogens with one attached hydrogen (secondary N) is 1. The maximum absolute atomic E-state index is 11.2. The lowest BCUT2D eigenvalue weighted by atomic mass is 10.2. The van der Waals surface area contributed by atoms with Crippen molar-refractivity contribution in [1.82, 2.24) is 5.32 Å². The second-order valence-electron chi connectivity index (χ2n) is 3.26. The monoisotopic (exact) mass is 231 g/mol. The van der Waals surface area contributed by atoms with E-state index in [9.17, 15) is 14.4 Å². The van der Waals surface area contributed by atoms with Gasteiger partial charge in [0.05, 0.1) is 0 Å². The molecule has 5 heteroatoms. The highest BCUT2D eigenvalue weighted by Gasteiger charge is 2.03. The largest absolute Gasteiger partial charge is 0.356 e. The van der Waals surface area contributed by atoms with Crippen LogP contribution in [0.5, 0.6) is 0 Å². The van der Waals surface area contributed by atoms with Crippen LogP contribution >= 0.6 is 11.8 Å². The third kappa shape index (κ3) is 11.1.